The van der Waals surface area contributed by atoms with Gasteiger partial charge in [-0.05, 0) is 37.3 Å². The molecule has 0 amide bonds. The van der Waals surface area contributed by atoms with Gasteiger partial charge in [-0.1, -0.05) is 36.4 Å². The zero-order chi connectivity index (χ0) is 16.1. The Morgan fingerprint density at radius 2 is 1.43 bits per heavy atom. The van der Waals surface area contributed by atoms with Gasteiger partial charge in [-0.15, -0.1) is 0 Å². The van der Waals surface area contributed by atoms with Crippen molar-refractivity contribution in [2.45, 2.75) is 6.92 Å². The third-order valence-electron chi connectivity index (χ3n) is 3.73. The zero-order valence-corrected chi connectivity index (χ0v) is 13.4. The first-order valence-corrected chi connectivity index (χ1v) is 7.74. The van der Waals surface area contributed by atoms with Crippen molar-refractivity contribution in [2.75, 3.05) is 23.4 Å². The molecule has 0 fully saturated rings. The van der Waals surface area contributed by atoms with Crippen molar-refractivity contribution in [1.29, 1.82) is 0 Å². The molecule has 0 N–H and O–H groups in total. The fourth-order valence-corrected chi connectivity index (χ4v) is 2.50. The molecule has 0 radical (unpaired) electrons. The first kappa shape index (κ1) is 15.0. The Morgan fingerprint density at radius 1 is 0.826 bits per heavy atom. The predicted octanol–water partition coefficient (Wildman–Crippen LogP) is 4.40. The first-order valence-electron chi connectivity index (χ1n) is 7.74. The molecule has 4 heteroatoms. The lowest BCUT2D eigenvalue weighted by atomic mass is 10.3. The van der Waals surface area contributed by atoms with E-state index in [0.717, 1.165) is 23.7 Å². The topological polar surface area (TPSA) is 32.3 Å². The van der Waals surface area contributed by atoms with E-state index in [2.05, 4.69) is 28.9 Å². The number of para-hydroxylation sites is 2. The van der Waals surface area contributed by atoms with Crippen LogP contribution in [0.5, 0.6) is 0 Å². The maximum absolute atomic E-state index is 4.74. The molecule has 0 aliphatic heterocycles. The fraction of sp³-hybridized carbons (Fsp3) is 0.158. The summed E-state index contributed by atoms with van der Waals surface area (Å²) in [6.07, 6.45) is 1.81. The second kappa shape index (κ2) is 6.92. The second-order valence-corrected chi connectivity index (χ2v) is 5.19. The van der Waals surface area contributed by atoms with Crippen LogP contribution in [-0.2, 0) is 0 Å². The van der Waals surface area contributed by atoms with Crippen molar-refractivity contribution in [3.63, 3.8) is 0 Å². The maximum Gasteiger partial charge on any atom is 0.231 e. The molecule has 0 bridgehead atoms. The van der Waals surface area contributed by atoms with Crippen molar-refractivity contribution >= 4 is 23.1 Å². The number of hydrogen-bond acceptors (Lipinski definition) is 4. The summed E-state index contributed by atoms with van der Waals surface area (Å²) in [4.78, 5) is 13.3. The number of anilines is 4. The minimum atomic E-state index is 0.683. The summed E-state index contributed by atoms with van der Waals surface area (Å²) in [5, 5.41) is 0. The van der Waals surface area contributed by atoms with Crippen LogP contribution < -0.4 is 9.80 Å². The average molecular weight is 304 g/mol. The minimum Gasteiger partial charge on any atom is -0.327 e. The van der Waals surface area contributed by atoms with Gasteiger partial charge >= 0.3 is 0 Å². The summed E-state index contributed by atoms with van der Waals surface area (Å²) in [7, 11) is 1.98. The molecular formula is C19H20N4. The van der Waals surface area contributed by atoms with Crippen LogP contribution in [0.1, 0.15) is 6.92 Å². The molecule has 1 heterocycles. The van der Waals surface area contributed by atoms with Gasteiger partial charge in [-0.25, -0.2) is 4.98 Å². The minimum absolute atomic E-state index is 0.683. The Kier molecular flexibility index (Phi) is 4.52. The van der Waals surface area contributed by atoms with Crippen molar-refractivity contribution in [2.24, 2.45) is 0 Å². The lowest BCUT2D eigenvalue weighted by Crippen LogP contribution is -2.19. The van der Waals surface area contributed by atoms with Gasteiger partial charge in [0, 0.05) is 31.2 Å². The zero-order valence-electron chi connectivity index (χ0n) is 13.4. The Hall–Kier alpha value is -2.88. The van der Waals surface area contributed by atoms with Crippen molar-refractivity contribution in [3.05, 3.63) is 72.9 Å². The van der Waals surface area contributed by atoms with Crippen LogP contribution in [0.4, 0.5) is 23.1 Å². The monoisotopic (exact) mass is 304 g/mol. The summed E-state index contributed by atoms with van der Waals surface area (Å²) in [6, 6.07) is 22.3. The Morgan fingerprint density at radius 3 is 2.04 bits per heavy atom. The van der Waals surface area contributed by atoms with E-state index < -0.39 is 0 Å². The quantitative estimate of drug-likeness (QED) is 0.699. The van der Waals surface area contributed by atoms with Crippen molar-refractivity contribution in [3.8, 4) is 0 Å². The number of nitrogens with zero attached hydrogens (tertiary/aromatic N) is 4. The molecule has 0 spiro atoms. The lowest BCUT2D eigenvalue weighted by molar-refractivity contribution is 0.958. The number of benzene rings is 2. The van der Waals surface area contributed by atoms with Crippen LogP contribution in [-0.4, -0.2) is 23.6 Å². The molecule has 0 saturated heterocycles. The summed E-state index contributed by atoms with van der Waals surface area (Å²) < 4.78 is 0. The van der Waals surface area contributed by atoms with Crippen LogP contribution in [0, 0.1) is 0 Å². The predicted molar refractivity (Wildman–Crippen MR) is 95.7 cm³/mol. The molecule has 3 rings (SSSR count). The van der Waals surface area contributed by atoms with Gasteiger partial charge in [0.05, 0.1) is 0 Å². The van der Waals surface area contributed by atoms with Gasteiger partial charge in [0.15, 0.2) is 0 Å². The van der Waals surface area contributed by atoms with E-state index in [1.807, 2.05) is 72.7 Å². The largest absolute Gasteiger partial charge is 0.327 e. The summed E-state index contributed by atoms with van der Waals surface area (Å²) in [5.74, 6) is 1.58. The highest BCUT2D eigenvalue weighted by atomic mass is 15.3. The van der Waals surface area contributed by atoms with Gasteiger partial charge in [-0.3, -0.25) is 0 Å². The number of rotatable bonds is 5. The molecule has 23 heavy (non-hydrogen) atoms. The summed E-state index contributed by atoms with van der Waals surface area (Å²) in [5.41, 5.74) is 2.19. The molecule has 116 valence electrons. The highest BCUT2D eigenvalue weighted by Gasteiger charge is 2.12. The number of aromatic nitrogens is 2. The molecule has 0 saturated carbocycles. The van der Waals surface area contributed by atoms with Gasteiger partial charge < -0.3 is 9.80 Å². The molecule has 0 atom stereocenters. The van der Waals surface area contributed by atoms with Gasteiger partial charge in [0.25, 0.3) is 0 Å². The van der Waals surface area contributed by atoms with Crippen molar-refractivity contribution < 1.29 is 0 Å². The molecule has 0 unspecified atom stereocenters. The molecule has 0 aliphatic carbocycles. The van der Waals surface area contributed by atoms with E-state index in [4.69, 9.17) is 4.98 Å². The van der Waals surface area contributed by atoms with E-state index in [0.29, 0.717) is 5.95 Å². The third kappa shape index (κ3) is 3.31. The Labute approximate surface area is 137 Å². The van der Waals surface area contributed by atoms with Gasteiger partial charge in [0.1, 0.15) is 5.82 Å². The smallest absolute Gasteiger partial charge is 0.231 e. The first-order chi connectivity index (χ1) is 11.3. The van der Waals surface area contributed by atoms with Crippen LogP contribution in [0.15, 0.2) is 72.9 Å². The molecule has 4 nitrogen and oxygen atoms in total. The normalized spacial score (nSPS) is 10.3. The van der Waals surface area contributed by atoms with E-state index in [1.54, 1.807) is 0 Å². The second-order valence-electron chi connectivity index (χ2n) is 5.19. The Balaban J connectivity index is 1.93. The highest BCUT2D eigenvalue weighted by molar-refractivity contribution is 5.62. The summed E-state index contributed by atoms with van der Waals surface area (Å²) in [6.45, 7) is 2.96. The third-order valence-corrected chi connectivity index (χ3v) is 3.73. The Bertz CT molecular complexity index is 744. The average Bonchev–Trinajstić information content (AvgIpc) is 2.64. The highest BCUT2D eigenvalue weighted by Crippen LogP contribution is 2.26. The van der Waals surface area contributed by atoms with Gasteiger partial charge in [-0.2, -0.15) is 4.98 Å². The SMILES string of the molecule is CCN(c1ccccc1)c1ccnc(N(C)c2ccccc2)n1. The van der Waals surface area contributed by atoms with E-state index in [9.17, 15) is 0 Å². The number of hydrogen-bond donors (Lipinski definition) is 0. The summed E-state index contributed by atoms with van der Waals surface area (Å²) >= 11 is 0. The molecule has 1 aromatic heterocycles. The van der Waals surface area contributed by atoms with Crippen LogP contribution in [0.2, 0.25) is 0 Å². The van der Waals surface area contributed by atoms with E-state index in [-0.39, 0.29) is 0 Å². The van der Waals surface area contributed by atoms with Crippen LogP contribution >= 0.6 is 0 Å². The van der Waals surface area contributed by atoms with Crippen LogP contribution in [0.3, 0.4) is 0 Å². The lowest BCUT2D eigenvalue weighted by Gasteiger charge is -2.24. The van der Waals surface area contributed by atoms with Crippen LogP contribution in [0.25, 0.3) is 0 Å². The molecule has 3 aromatic rings. The van der Waals surface area contributed by atoms with Gasteiger partial charge in [0.2, 0.25) is 5.95 Å². The van der Waals surface area contributed by atoms with E-state index >= 15 is 0 Å². The maximum atomic E-state index is 4.74. The molecular weight excluding hydrogens is 284 g/mol. The fourth-order valence-electron chi connectivity index (χ4n) is 2.50. The van der Waals surface area contributed by atoms with E-state index in [1.165, 1.54) is 0 Å². The molecule has 2 aromatic carbocycles. The molecule has 0 aliphatic rings. The standard InChI is InChI=1S/C19H20N4/c1-3-23(17-12-8-5-9-13-17)18-14-15-20-19(21-18)22(2)16-10-6-4-7-11-16/h4-15H,3H2,1-2H3. The van der Waals surface area contributed by atoms with Crippen molar-refractivity contribution in [1.82, 2.24) is 9.97 Å².